The highest BCUT2D eigenvalue weighted by molar-refractivity contribution is 7.98. The molecule has 3 aromatic rings. The Morgan fingerprint density at radius 2 is 2.14 bits per heavy atom. The Hall–Kier alpha value is -2.30. The molecule has 1 aliphatic carbocycles. The predicted octanol–water partition coefficient (Wildman–Crippen LogP) is 5.23. The first-order valence-electron chi connectivity index (χ1n) is 9.91. The molecule has 0 aliphatic heterocycles. The van der Waals surface area contributed by atoms with Crippen LogP contribution in [-0.2, 0) is 6.42 Å². The van der Waals surface area contributed by atoms with Crippen molar-refractivity contribution >= 4 is 40.0 Å². The van der Waals surface area contributed by atoms with Gasteiger partial charge in [0.05, 0.1) is 16.8 Å². The molecule has 0 unspecified atom stereocenters. The number of hydrogen-bond donors (Lipinski definition) is 1. The Morgan fingerprint density at radius 1 is 1.31 bits per heavy atom. The molecule has 0 radical (unpaired) electrons. The molecule has 2 aromatic heterocycles. The van der Waals surface area contributed by atoms with Gasteiger partial charge in [-0.25, -0.2) is 0 Å². The van der Waals surface area contributed by atoms with E-state index in [2.05, 4.69) is 37.4 Å². The largest absolute Gasteiger partial charge is 0.383 e. The molecule has 0 spiro atoms. The molecule has 8 heteroatoms. The van der Waals surface area contributed by atoms with Crippen LogP contribution in [0.3, 0.4) is 0 Å². The minimum absolute atomic E-state index is 0.526. The highest BCUT2D eigenvalue weighted by Gasteiger charge is 2.23. The van der Waals surface area contributed by atoms with Gasteiger partial charge in [-0.15, -0.1) is 10.2 Å². The standard InChI is InChI=1S/C21H23ClN6S/c1-29-21-27-26-19(28(21)16-5-2-3-6-16)7-4-10-24-20-14(12-23)13-25-18-9-8-15(22)11-17(18)20/h8-9,11,13,16H,2-7,10H2,1H3,(H,24,25). The summed E-state index contributed by atoms with van der Waals surface area (Å²) in [5.74, 6) is 1.06. The van der Waals surface area contributed by atoms with E-state index in [4.69, 9.17) is 11.6 Å². The summed E-state index contributed by atoms with van der Waals surface area (Å²) in [4.78, 5) is 4.35. The number of halogens is 1. The fourth-order valence-corrected chi connectivity index (χ4v) is 4.79. The van der Waals surface area contributed by atoms with E-state index in [1.54, 1.807) is 18.0 Å². The molecule has 1 aliphatic rings. The van der Waals surface area contributed by atoms with Gasteiger partial charge in [0.1, 0.15) is 11.9 Å². The molecule has 0 bridgehead atoms. The number of nitriles is 1. The number of anilines is 1. The maximum absolute atomic E-state index is 9.48. The zero-order valence-corrected chi connectivity index (χ0v) is 17.9. The minimum atomic E-state index is 0.526. The van der Waals surface area contributed by atoms with Crippen molar-refractivity contribution in [2.45, 2.75) is 49.7 Å². The lowest BCUT2D eigenvalue weighted by molar-refractivity contribution is 0.461. The van der Waals surface area contributed by atoms with Crippen molar-refractivity contribution in [3.63, 3.8) is 0 Å². The van der Waals surface area contributed by atoms with E-state index in [1.165, 1.54) is 25.7 Å². The van der Waals surface area contributed by atoms with Crippen molar-refractivity contribution in [2.24, 2.45) is 0 Å². The summed E-state index contributed by atoms with van der Waals surface area (Å²) < 4.78 is 2.35. The fourth-order valence-electron chi connectivity index (χ4n) is 4.05. The number of nitrogens with zero attached hydrogens (tertiary/aromatic N) is 5. The third kappa shape index (κ3) is 4.19. The molecule has 6 nitrogen and oxygen atoms in total. The van der Waals surface area contributed by atoms with Crippen LogP contribution in [0.1, 0.15) is 49.5 Å². The predicted molar refractivity (Wildman–Crippen MR) is 118 cm³/mol. The van der Waals surface area contributed by atoms with Gasteiger partial charge >= 0.3 is 0 Å². The van der Waals surface area contributed by atoms with Gasteiger partial charge in [-0.3, -0.25) is 4.98 Å². The fraction of sp³-hybridized carbons (Fsp3) is 0.429. The molecule has 1 aromatic carbocycles. The topological polar surface area (TPSA) is 79.4 Å². The van der Waals surface area contributed by atoms with Gasteiger partial charge in [0, 0.05) is 35.6 Å². The summed E-state index contributed by atoms with van der Waals surface area (Å²) in [6.07, 6.45) is 10.4. The smallest absolute Gasteiger partial charge is 0.191 e. The Balaban J connectivity index is 1.47. The molecule has 1 N–H and O–H groups in total. The van der Waals surface area contributed by atoms with Gasteiger partial charge in [0.2, 0.25) is 0 Å². The molecule has 1 fully saturated rings. The lowest BCUT2D eigenvalue weighted by Crippen LogP contribution is -2.12. The van der Waals surface area contributed by atoms with Crippen molar-refractivity contribution in [1.82, 2.24) is 19.7 Å². The molecule has 0 saturated heterocycles. The molecule has 29 heavy (non-hydrogen) atoms. The third-order valence-corrected chi connectivity index (χ3v) is 6.32. The van der Waals surface area contributed by atoms with Crippen LogP contribution < -0.4 is 5.32 Å². The van der Waals surface area contributed by atoms with E-state index in [0.29, 0.717) is 16.6 Å². The molecule has 4 rings (SSSR count). The normalized spacial score (nSPS) is 14.4. The summed E-state index contributed by atoms with van der Waals surface area (Å²) in [7, 11) is 0. The van der Waals surface area contributed by atoms with Crippen molar-refractivity contribution in [1.29, 1.82) is 5.26 Å². The van der Waals surface area contributed by atoms with Crippen LogP contribution in [0.2, 0.25) is 5.02 Å². The number of benzene rings is 1. The minimum Gasteiger partial charge on any atom is -0.383 e. The number of thioether (sulfide) groups is 1. The maximum Gasteiger partial charge on any atom is 0.191 e. The van der Waals surface area contributed by atoms with Gasteiger partial charge in [0.15, 0.2) is 5.16 Å². The number of aromatic nitrogens is 4. The number of rotatable bonds is 7. The van der Waals surface area contributed by atoms with E-state index < -0.39 is 0 Å². The summed E-state index contributed by atoms with van der Waals surface area (Å²) in [6.45, 7) is 0.729. The second kappa shape index (κ2) is 9.02. The first-order chi connectivity index (χ1) is 14.2. The Kier molecular flexibility index (Phi) is 6.22. The quantitative estimate of drug-likeness (QED) is 0.411. The van der Waals surface area contributed by atoms with Crippen LogP contribution in [0.25, 0.3) is 10.9 Å². The molecule has 150 valence electrons. The summed E-state index contributed by atoms with van der Waals surface area (Å²) in [5.41, 5.74) is 2.14. The average Bonchev–Trinajstić information content (AvgIpc) is 3.40. The van der Waals surface area contributed by atoms with E-state index in [9.17, 15) is 5.26 Å². The average molecular weight is 427 g/mol. The maximum atomic E-state index is 9.48. The van der Waals surface area contributed by atoms with Crippen LogP contribution in [0, 0.1) is 11.3 Å². The molecular formula is C21H23ClN6S. The first-order valence-corrected chi connectivity index (χ1v) is 11.5. The number of fused-ring (bicyclic) bond motifs is 1. The van der Waals surface area contributed by atoms with Gasteiger partial charge in [0.25, 0.3) is 0 Å². The van der Waals surface area contributed by atoms with Crippen molar-refractivity contribution < 1.29 is 0 Å². The number of hydrogen-bond acceptors (Lipinski definition) is 6. The Bertz CT molecular complexity index is 1050. The molecule has 0 atom stereocenters. The molecular weight excluding hydrogens is 404 g/mol. The summed E-state index contributed by atoms with van der Waals surface area (Å²) in [6, 6.07) is 8.30. The van der Waals surface area contributed by atoms with E-state index in [1.807, 2.05) is 18.2 Å². The second-order valence-corrected chi connectivity index (χ2v) is 8.47. The van der Waals surface area contributed by atoms with Crippen LogP contribution in [0.15, 0.2) is 29.6 Å². The van der Waals surface area contributed by atoms with E-state index in [0.717, 1.165) is 47.0 Å². The zero-order valence-electron chi connectivity index (χ0n) is 16.4. The van der Waals surface area contributed by atoms with Crippen molar-refractivity contribution in [3.05, 3.63) is 40.8 Å². The van der Waals surface area contributed by atoms with Crippen molar-refractivity contribution in [2.75, 3.05) is 18.1 Å². The van der Waals surface area contributed by atoms with Gasteiger partial charge < -0.3 is 9.88 Å². The summed E-state index contributed by atoms with van der Waals surface area (Å²) in [5, 5.41) is 24.3. The van der Waals surface area contributed by atoms with Crippen LogP contribution in [0.4, 0.5) is 5.69 Å². The number of aryl methyl sites for hydroxylation is 1. The molecule has 1 saturated carbocycles. The van der Waals surface area contributed by atoms with Gasteiger partial charge in [-0.2, -0.15) is 5.26 Å². The van der Waals surface area contributed by atoms with Crippen LogP contribution >= 0.6 is 23.4 Å². The lowest BCUT2D eigenvalue weighted by atomic mass is 10.1. The summed E-state index contributed by atoms with van der Waals surface area (Å²) >= 11 is 7.83. The Labute approximate surface area is 179 Å². The first kappa shape index (κ1) is 20.0. The zero-order chi connectivity index (χ0) is 20.2. The molecule has 0 amide bonds. The molecule has 2 heterocycles. The monoisotopic (exact) mass is 426 g/mol. The number of nitrogens with one attached hydrogen (secondary N) is 1. The van der Waals surface area contributed by atoms with Crippen LogP contribution in [0.5, 0.6) is 0 Å². The number of pyridine rings is 1. The van der Waals surface area contributed by atoms with Gasteiger partial charge in [-0.05, 0) is 43.7 Å². The lowest BCUT2D eigenvalue weighted by Gasteiger charge is -2.16. The highest BCUT2D eigenvalue weighted by atomic mass is 35.5. The third-order valence-electron chi connectivity index (χ3n) is 5.44. The highest BCUT2D eigenvalue weighted by Crippen LogP contribution is 2.33. The van der Waals surface area contributed by atoms with E-state index in [-0.39, 0.29) is 0 Å². The van der Waals surface area contributed by atoms with Gasteiger partial charge in [-0.1, -0.05) is 36.2 Å². The van der Waals surface area contributed by atoms with E-state index >= 15 is 0 Å². The Morgan fingerprint density at radius 3 is 2.90 bits per heavy atom. The SMILES string of the molecule is CSc1nnc(CCCNc2c(C#N)cnc3ccc(Cl)cc23)n1C1CCCC1. The second-order valence-electron chi connectivity index (χ2n) is 7.26. The van der Waals surface area contributed by atoms with Crippen molar-refractivity contribution in [3.8, 4) is 6.07 Å². The van der Waals surface area contributed by atoms with Crippen LogP contribution in [-0.4, -0.2) is 32.5 Å².